The molecule has 2 aromatic heterocycles. The number of aryl methyl sites for hydroxylation is 1. The molecule has 9 nitrogen and oxygen atoms in total. The monoisotopic (exact) mass is 415 g/mol. The minimum atomic E-state index is -0.0825. The van der Waals surface area contributed by atoms with Crippen molar-refractivity contribution in [3.05, 3.63) is 72.2 Å². The molecule has 0 radical (unpaired) electrons. The van der Waals surface area contributed by atoms with Crippen LogP contribution in [0.4, 0.5) is 5.95 Å². The summed E-state index contributed by atoms with van der Waals surface area (Å²) in [7, 11) is 0. The van der Waals surface area contributed by atoms with Crippen LogP contribution >= 0.6 is 0 Å². The molecule has 0 N–H and O–H groups in total. The van der Waals surface area contributed by atoms with Crippen molar-refractivity contribution < 1.29 is 9.63 Å². The van der Waals surface area contributed by atoms with Gasteiger partial charge in [-0.05, 0) is 25.1 Å². The summed E-state index contributed by atoms with van der Waals surface area (Å²) in [5.74, 6) is 0.408. The van der Waals surface area contributed by atoms with E-state index in [4.69, 9.17) is 4.84 Å². The summed E-state index contributed by atoms with van der Waals surface area (Å²) < 4.78 is 0. The van der Waals surface area contributed by atoms with Gasteiger partial charge < -0.3 is 4.90 Å². The van der Waals surface area contributed by atoms with E-state index < -0.39 is 0 Å². The van der Waals surface area contributed by atoms with Gasteiger partial charge in [-0.3, -0.25) is 9.63 Å². The first kappa shape index (κ1) is 19.1. The van der Waals surface area contributed by atoms with Gasteiger partial charge in [0.15, 0.2) is 0 Å². The summed E-state index contributed by atoms with van der Waals surface area (Å²) in [5, 5.41) is 11.0. The number of para-hydroxylation sites is 1. The van der Waals surface area contributed by atoms with Crippen LogP contribution < -0.4 is 5.06 Å². The van der Waals surface area contributed by atoms with Gasteiger partial charge >= 0.3 is 0 Å². The Morgan fingerprint density at radius 2 is 1.87 bits per heavy atom. The highest BCUT2D eigenvalue weighted by Crippen LogP contribution is 2.20. The minimum absolute atomic E-state index is 0.0825. The van der Waals surface area contributed by atoms with E-state index in [1.54, 1.807) is 28.6 Å². The maximum atomic E-state index is 13.4. The van der Waals surface area contributed by atoms with E-state index in [1.165, 1.54) is 4.80 Å². The molecule has 3 heterocycles. The molecule has 2 aromatic carbocycles. The first-order valence-corrected chi connectivity index (χ1v) is 10.1. The number of rotatable bonds is 3. The predicted octanol–water partition coefficient (Wildman–Crippen LogP) is 2.41. The Morgan fingerprint density at radius 3 is 2.74 bits per heavy atom. The maximum absolute atomic E-state index is 13.4. The smallest absolute Gasteiger partial charge is 0.256 e. The quantitative estimate of drug-likeness (QED) is 0.508. The van der Waals surface area contributed by atoms with Crippen molar-refractivity contribution in [2.24, 2.45) is 0 Å². The fraction of sp³-hybridized carbons (Fsp3) is 0.227. The molecule has 0 bridgehead atoms. The van der Waals surface area contributed by atoms with E-state index in [2.05, 4.69) is 20.2 Å². The lowest BCUT2D eigenvalue weighted by molar-refractivity contribution is 0.0729. The third-order valence-electron chi connectivity index (χ3n) is 5.18. The molecule has 1 aliphatic heterocycles. The molecule has 1 amide bonds. The number of nitrogens with zero attached hydrogens (tertiary/aromatic N) is 7. The number of carbonyl (C=O) groups is 1. The van der Waals surface area contributed by atoms with E-state index in [0.717, 1.165) is 16.5 Å². The number of benzene rings is 2. The lowest BCUT2D eigenvalue weighted by Crippen LogP contribution is -2.36. The van der Waals surface area contributed by atoms with Gasteiger partial charge in [0.1, 0.15) is 0 Å². The normalized spacial score (nSPS) is 14.6. The molecule has 31 heavy (non-hydrogen) atoms. The number of carbonyl (C=O) groups excluding carboxylic acids is 1. The van der Waals surface area contributed by atoms with Gasteiger partial charge in [-0.25, -0.2) is 15.0 Å². The zero-order valence-electron chi connectivity index (χ0n) is 17.0. The third kappa shape index (κ3) is 3.82. The second-order valence-corrected chi connectivity index (χ2v) is 7.30. The number of hydrogen-bond donors (Lipinski definition) is 0. The van der Waals surface area contributed by atoms with E-state index in [1.807, 2.05) is 49.4 Å². The van der Waals surface area contributed by atoms with Crippen LogP contribution in [-0.2, 0) is 4.84 Å². The highest BCUT2D eigenvalue weighted by Gasteiger charge is 2.25. The van der Waals surface area contributed by atoms with Crippen LogP contribution in [0.1, 0.15) is 15.9 Å². The molecule has 1 aliphatic rings. The first-order valence-electron chi connectivity index (χ1n) is 10.1. The Bertz CT molecular complexity index is 1230. The SMILES string of the molecule is Cc1ccc(-n2nccn2)c(C(=O)N2CCON(c3ncc4ccccc4n3)CC2)c1. The summed E-state index contributed by atoms with van der Waals surface area (Å²) >= 11 is 0. The highest BCUT2D eigenvalue weighted by molar-refractivity contribution is 5.98. The van der Waals surface area contributed by atoms with Crippen LogP contribution in [0.5, 0.6) is 0 Å². The number of fused-ring (bicyclic) bond motifs is 1. The van der Waals surface area contributed by atoms with E-state index >= 15 is 0 Å². The maximum Gasteiger partial charge on any atom is 0.256 e. The van der Waals surface area contributed by atoms with Crippen molar-refractivity contribution in [3.8, 4) is 5.69 Å². The molecule has 0 unspecified atom stereocenters. The fourth-order valence-electron chi connectivity index (χ4n) is 3.60. The molecular formula is C22H21N7O2. The third-order valence-corrected chi connectivity index (χ3v) is 5.18. The van der Waals surface area contributed by atoms with Crippen LogP contribution in [0.15, 0.2) is 61.1 Å². The summed E-state index contributed by atoms with van der Waals surface area (Å²) in [4.78, 5) is 31.5. The molecule has 156 valence electrons. The van der Waals surface area contributed by atoms with Crippen molar-refractivity contribution in [2.45, 2.75) is 6.92 Å². The number of hydroxylamine groups is 1. The van der Waals surface area contributed by atoms with Crippen LogP contribution in [0, 0.1) is 6.92 Å². The number of hydrogen-bond acceptors (Lipinski definition) is 7. The summed E-state index contributed by atoms with van der Waals surface area (Å²) in [6.45, 7) is 3.72. The minimum Gasteiger partial charge on any atom is -0.334 e. The molecule has 1 saturated heterocycles. The summed E-state index contributed by atoms with van der Waals surface area (Å²) in [6.07, 6.45) is 4.97. The Morgan fingerprint density at radius 1 is 1.03 bits per heavy atom. The number of aromatic nitrogens is 5. The first-order chi connectivity index (χ1) is 15.2. The van der Waals surface area contributed by atoms with Crippen LogP contribution in [0.25, 0.3) is 16.6 Å². The Hall–Kier alpha value is -3.85. The average Bonchev–Trinajstić information content (AvgIpc) is 3.22. The van der Waals surface area contributed by atoms with Gasteiger partial charge in [0.05, 0.1) is 42.3 Å². The number of anilines is 1. The van der Waals surface area contributed by atoms with Gasteiger partial charge in [-0.1, -0.05) is 29.8 Å². The van der Waals surface area contributed by atoms with Crippen LogP contribution in [0.2, 0.25) is 0 Å². The fourth-order valence-corrected chi connectivity index (χ4v) is 3.60. The van der Waals surface area contributed by atoms with Crippen molar-refractivity contribution in [3.63, 3.8) is 0 Å². The highest BCUT2D eigenvalue weighted by atomic mass is 16.7. The Labute approximate surface area is 178 Å². The summed E-state index contributed by atoms with van der Waals surface area (Å²) in [5.41, 5.74) is 3.06. The molecule has 0 aliphatic carbocycles. The Balaban J connectivity index is 1.37. The lowest BCUT2D eigenvalue weighted by Gasteiger charge is -2.22. The van der Waals surface area contributed by atoms with Crippen molar-refractivity contribution in [1.29, 1.82) is 0 Å². The van der Waals surface area contributed by atoms with E-state index in [9.17, 15) is 4.79 Å². The molecule has 4 aromatic rings. The molecule has 5 rings (SSSR count). The van der Waals surface area contributed by atoms with Crippen LogP contribution in [0.3, 0.4) is 0 Å². The second-order valence-electron chi connectivity index (χ2n) is 7.30. The standard InChI is InChI=1S/C22H21N7O2/c1-16-6-7-20(29-24-8-9-25-29)18(14-16)21(30)27-10-11-28(31-13-12-27)22-23-15-17-4-2-3-5-19(17)26-22/h2-9,14-15H,10-13H2,1H3. The van der Waals surface area contributed by atoms with Gasteiger partial charge in [-0.15, -0.1) is 0 Å². The van der Waals surface area contributed by atoms with Gasteiger partial charge in [-0.2, -0.15) is 15.0 Å². The zero-order chi connectivity index (χ0) is 21.2. The van der Waals surface area contributed by atoms with Crippen LogP contribution in [-0.4, -0.2) is 62.0 Å². The van der Waals surface area contributed by atoms with E-state index in [0.29, 0.717) is 43.4 Å². The van der Waals surface area contributed by atoms with Crippen molar-refractivity contribution in [2.75, 3.05) is 31.3 Å². The Kier molecular flexibility index (Phi) is 5.01. The van der Waals surface area contributed by atoms with Crippen molar-refractivity contribution in [1.82, 2.24) is 29.9 Å². The van der Waals surface area contributed by atoms with Gasteiger partial charge in [0, 0.05) is 24.7 Å². The van der Waals surface area contributed by atoms with Gasteiger partial charge in [0.2, 0.25) is 5.95 Å². The second kappa shape index (κ2) is 8.11. The lowest BCUT2D eigenvalue weighted by atomic mass is 10.1. The molecule has 9 heteroatoms. The molecule has 1 fully saturated rings. The molecule has 0 spiro atoms. The average molecular weight is 415 g/mol. The molecule has 0 saturated carbocycles. The van der Waals surface area contributed by atoms with E-state index in [-0.39, 0.29) is 5.91 Å². The largest absolute Gasteiger partial charge is 0.334 e. The topological polar surface area (TPSA) is 89.3 Å². The summed E-state index contributed by atoms with van der Waals surface area (Å²) in [6, 6.07) is 13.5. The molecular weight excluding hydrogens is 394 g/mol. The number of amides is 1. The predicted molar refractivity (Wildman–Crippen MR) is 115 cm³/mol. The van der Waals surface area contributed by atoms with Crippen molar-refractivity contribution >= 4 is 22.8 Å². The van der Waals surface area contributed by atoms with Gasteiger partial charge in [0.25, 0.3) is 5.91 Å². The molecule has 0 atom stereocenters. The zero-order valence-corrected chi connectivity index (χ0v) is 17.0.